The molecule has 0 spiro atoms. The van der Waals surface area contributed by atoms with Crippen LogP contribution in [0.15, 0.2) is 48.5 Å². The van der Waals surface area contributed by atoms with E-state index in [1.54, 1.807) is 25.3 Å². The highest BCUT2D eigenvalue weighted by atomic mass is 16.5. The number of benzene rings is 2. The maximum atomic E-state index is 12.6. The maximum Gasteiger partial charge on any atom is 0.256 e. The fraction of sp³-hybridized carbons (Fsp3) is 0.222. The number of rotatable bonds is 4. The van der Waals surface area contributed by atoms with E-state index >= 15 is 0 Å². The van der Waals surface area contributed by atoms with Gasteiger partial charge in [0.15, 0.2) is 0 Å². The van der Waals surface area contributed by atoms with Crippen molar-refractivity contribution in [2.75, 3.05) is 17.3 Å². The van der Waals surface area contributed by atoms with E-state index in [9.17, 15) is 9.59 Å². The molecule has 5 nitrogen and oxygen atoms in total. The second-order valence-electron chi connectivity index (χ2n) is 5.54. The second-order valence-corrected chi connectivity index (χ2v) is 5.54. The van der Waals surface area contributed by atoms with Crippen molar-refractivity contribution in [3.63, 3.8) is 0 Å². The minimum Gasteiger partial charge on any atom is -0.497 e. The first-order chi connectivity index (χ1) is 11.1. The van der Waals surface area contributed by atoms with E-state index in [0.29, 0.717) is 11.4 Å². The van der Waals surface area contributed by atoms with Crippen molar-refractivity contribution in [1.29, 1.82) is 0 Å². The quantitative estimate of drug-likeness (QED) is 0.882. The Kier molecular flexibility index (Phi) is 4.02. The van der Waals surface area contributed by atoms with E-state index < -0.39 is 6.04 Å². The van der Waals surface area contributed by atoms with Crippen LogP contribution < -0.4 is 15.0 Å². The SMILES string of the molecule is COc1cccc(N[C@H]2CC(=O)N(c3ccc(C)cc3)C2=O)c1. The van der Waals surface area contributed by atoms with Gasteiger partial charge >= 0.3 is 0 Å². The zero-order chi connectivity index (χ0) is 16.4. The zero-order valence-corrected chi connectivity index (χ0v) is 13.1. The number of anilines is 2. The van der Waals surface area contributed by atoms with Gasteiger partial charge in [-0.3, -0.25) is 9.59 Å². The van der Waals surface area contributed by atoms with Crippen LogP contribution in [-0.2, 0) is 9.59 Å². The van der Waals surface area contributed by atoms with E-state index in [2.05, 4.69) is 5.32 Å². The van der Waals surface area contributed by atoms with Gasteiger partial charge in [-0.25, -0.2) is 4.90 Å². The minimum atomic E-state index is -0.559. The number of nitrogens with zero attached hydrogens (tertiary/aromatic N) is 1. The first-order valence-electron chi connectivity index (χ1n) is 7.42. The van der Waals surface area contributed by atoms with Gasteiger partial charge in [0.25, 0.3) is 5.91 Å². The number of methoxy groups -OCH3 is 1. The predicted molar refractivity (Wildman–Crippen MR) is 88.7 cm³/mol. The lowest BCUT2D eigenvalue weighted by Gasteiger charge is -2.16. The molecule has 23 heavy (non-hydrogen) atoms. The molecule has 3 rings (SSSR count). The van der Waals surface area contributed by atoms with Crippen molar-refractivity contribution in [3.05, 3.63) is 54.1 Å². The molecular formula is C18H18N2O3. The van der Waals surface area contributed by atoms with Crippen LogP contribution in [0.3, 0.4) is 0 Å². The molecule has 1 N–H and O–H groups in total. The molecule has 2 aromatic carbocycles. The van der Waals surface area contributed by atoms with E-state index in [-0.39, 0.29) is 18.2 Å². The van der Waals surface area contributed by atoms with Crippen molar-refractivity contribution in [3.8, 4) is 5.75 Å². The Hall–Kier alpha value is -2.82. The average molecular weight is 310 g/mol. The Balaban J connectivity index is 1.79. The topological polar surface area (TPSA) is 58.6 Å². The van der Waals surface area contributed by atoms with E-state index in [1.165, 1.54) is 4.90 Å². The number of ether oxygens (including phenoxy) is 1. The van der Waals surface area contributed by atoms with Crippen LogP contribution in [0.25, 0.3) is 0 Å². The third-order valence-corrected chi connectivity index (χ3v) is 3.85. The summed E-state index contributed by atoms with van der Waals surface area (Å²) in [6.45, 7) is 1.96. The Labute approximate surface area is 134 Å². The molecule has 1 aliphatic rings. The van der Waals surface area contributed by atoms with Gasteiger partial charge in [-0.2, -0.15) is 0 Å². The largest absolute Gasteiger partial charge is 0.497 e. The van der Waals surface area contributed by atoms with Gasteiger partial charge in [0.05, 0.1) is 19.2 Å². The molecule has 1 heterocycles. The molecule has 0 aromatic heterocycles. The van der Waals surface area contributed by atoms with Gasteiger partial charge in [0, 0.05) is 11.8 Å². The molecule has 1 fully saturated rings. The molecule has 0 bridgehead atoms. The summed E-state index contributed by atoms with van der Waals surface area (Å²) in [4.78, 5) is 26.1. The number of hydrogen-bond acceptors (Lipinski definition) is 4. The number of carbonyl (C=O) groups is 2. The summed E-state index contributed by atoms with van der Waals surface area (Å²) in [5, 5.41) is 3.11. The van der Waals surface area contributed by atoms with E-state index in [0.717, 1.165) is 11.3 Å². The number of amides is 2. The first kappa shape index (κ1) is 15.1. The molecule has 118 valence electrons. The first-order valence-corrected chi connectivity index (χ1v) is 7.42. The van der Waals surface area contributed by atoms with Crippen molar-refractivity contribution in [2.24, 2.45) is 0 Å². The number of hydrogen-bond donors (Lipinski definition) is 1. The van der Waals surface area contributed by atoms with Gasteiger partial charge < -0.3 is 10.1 Å². The Morgan fingerprint density at radius 1 is 1.13 bits per heavy atom. The van der Waals surface area contributed by atoms with Gasteiger partial charge in [-0.1, -0.05) is 23.8 Å². The van der Waals surface area contributed by atoms with Crippen LogP contribution in [0.4, 0.5) is 11.4 Å². The lowest BCUT2D eigenvalue weighted by molar-refractivity contribution is -0.121. The molecule has 1 aliphatic heterocycles. The Morgan fingerprint density at radius 3 is 2.57 bits per heavy atom. The summed E-state index contributed by atoms with van der Waals surface area (Å²) >= 11 is 0. The molecule has 0 aliphatic carbocycles. The fourth-order valence-electron chi connectivity index (χ4n) is 2.62. The molecule has 1 saturated heterocycles. The number of carbonyl (C=O) groups excluding carboxylic acids is 2. The highest BCUT2D eigenvalue weighted by Crippen LogP contribution is 2.26. The summed E-state index contributed by atoms with van der Waals surface area (Å²) in [5.74, 6) is 0.267. The second kappa shape index (κ2) is 6.12. The van der Waals surface area contributed by atoms with Crippen molar-refractivity contribution < 1.29 is 14.3 Å². The molecule has 0 saturated carbocycles. The molecular weight excluding hydrogens is 292 g/mol. The van der Waals surface area contributed by atoms with Crippen molar-refractivity contribution in [2.45, 2.75) is 19.4 Å². The monoisotopic (exact) mass is 310 g/mol. The standard InChI is InChI=1S/C18H18N2O3/c1-12-6-8-14(9-7-12)20-17(21)11-16(18(20)22)19-13-4-3-5-15(10-13)23-2/h3-10,16,19H,11H2,1-2H3/t16-/m0/s1. The summed E-state index contributed by atoms with van der Waals surface area (Å²) in [5.41, 5.74) is 2.45. The van der Waals surface area contributed by atoms with Crippen molar-refractivity contribution in [1.82, 2.24) is 0 Å². The summed E-state index contributed by atoms with van der Waals surface area (Å²) in [7, 11) is 1.59. The number of nitrogens with one attached hydrogen (secondary N) is 1. The highest BCUT2D eigenvalue weighted by molar-refractivity contribution is 6.23. The predicted octanol–water partition coefficient (Wildman–Crippen LogP) is 2.75. The van der Waals surface area contributed by atoms with Crippen LogP contribution >= 0.6 is 0 Å². The molecule has 2 aromatic rings. The molecule has 2 amide bonds. The molecule has 0 radical (unpaired) electrons. The van der Waals surface area contributed by atoms with Gasteiger partial charge in [0.1, 0.15) is 11.8 Å². The molecule has 5 heteroatoms. The van der Waals surface area contributed by atoms with Crippen molar-refractivity contribution >= 4 is 23.2 Å². The van der Waals surface area contributed by atoms with Crippen LogP contribution in [0, 0.1) is 6.92 Å². The third-order valence-electron chi connectivity index (χ3n) is 3.85. The lowest BCUT2D eigenvalue weighted by atomic mass is 10.2. The summed E-state index contributed by atoms with van der Waals surface area (Å²) in [6.07, 6.45) is 0.143. The summed E-state index contributed by atoms with van der Waals surface area (Å²) < 4.78 is 5.17. The van der Waals surface area contributed by atoms with Crippen LogP contribution in [0.1, 0.15) is 12.0 Å². The van der Waals surface area contributed by atoms with Gasteiger partial charge in [-0.15, -0.1) is 0 Å². The molecule has 1 atom stereocenters. The summed E-state index contributed by atoms with van der Waals surface area (Å²) in [6, 6.07) is 14.1. The Morgan fingerprint density at radius 2 is 1.87 bits per heavy atom. The number of aryl methyl sites for hydroxylation is 1. The van der Waals surface area contributed by atoms with Gasteiger partial charge in [0.2, 0.25) is 5.91 Å². The maximum absolute atomic E-state index is 12.6. The third kappa shape index (κ3) is 3.04. The van der Waals surface area contributed by atoms with E-state index in [4.69, 9.17) is 4.74 Å². The van der Waals surface area contributed by atoms with Crippen LogP contribution in [0.2, 0.25) is 0 Å². The van der Waals surface area contributed by atoms with Crippen LogP contribution in [0.5, 0.6) is 5.75 Å². The lowest BCUT2D eigenvalue weighted by Crippen LogP contribution is -2.34. The van der Waals surface area contributed by atoms with Gasteiger partial charge in [-0.05, 0) is 31.2 Å². The fourth-order valence-corrected chi connectivity index (χ4v) is 2.62. The Bertz CT molecular complexity index is 740. The average Bonchev–Trinajstić information content (AvgIpc) is 2.83. The molecule has 0 unspecified atom stereocenters. The zero-order valence-electron chi connectivity index (χ0n) is 13.1. The highest BCUT2D eigenvalue weighted by Gasteiger charge is 2.39. The van der Waals surface area contributed by atoms with Crippen LogP contribution in [-0.4, -0.2) is 25.0 Å². The number of imide groups is 1. The smallest absolute Gasteiger partial charge is 0.256 e. The normalized spacial score (nSPS) is 17.5. The minimum absolute atomic E-state index is 0.143. The van der Waals surface area contributed by atoms with E-state index in [1.807, 2.05) is 37.3 Å².